The maximum Gasteiger partial charge on any atom is 0.337 e. The van der Waals surface area contributed by atoms with Crippen LogP contribution < -0.4 is 14.5 Å². The van der Waals surface area contributed by atoms with Crippen LogP contribution in [0.5, 0.6) is 5.75 Å². The lowest BCUT2D eigenvalue weighted by Crippen LogP contribution is -2.44. The Balaban J connectivity index is 1.34. The van der Waals surface area contributed by atoms with E-state index < -0.39 is 5.97 Å². The van der Waals surface area contributed by atoms with Gasteiger partial charge in [0.1, 0.15) is 11.4 Å². The molecule has 7 rings (SSSR count). The molecule has 1 amide bonds. The highest BCUT2D eigenvalue weighted by Crippen LogP contribution is 2.43. The molecule has 0 bridgehead atoms. The van der Waals surface area contributed by atoms with Gasteiger partial charge in [0.15, 0.2) is 0 Å². The Morgan fingerprint density at radius 1 is 0.870 bits per heavy atom. The number of hydrogen-bond donors (Lipinski definition) is 0. The topological polar surface area (TPSA) is 85.1 Å². The summed E-state index contributed by atoms with van der Waals surface area (Å²) in [6, 6.07) is 13.6. The third-order valence-corrected chi connectivity index (χ3v) is 11.9. The van der Waals surface area contributed by atoms with Crippen LogP contribution in [0.25, 0.3) is 22.0 Å². The molecule has 12 heteroatoms. The van der Waals surface area contributed by atoms with Gasteiger partial charge in [-0.15, -0.1) is 0 Å². The minimum absolute atomic E-state index is 0.114. The molecule has 4 heterocycles. The molecule has 0 saturated carbocycles. The van der Waals surface area contributed by atoms with Gasteiger partial charge in [-0.1, -0.05) is 29.3 Å². The molecule has 0 unspecified atom stereocenters. The Kier molecular flexibility index (Phi) is 10.7. The third kappa shape index (κ3) is 6.95. The average molecular weight is 772 g/mol. The van der Waals surface area contributed by atoms with E-state index in [2.05, 4.69) is 21.4 Å². The summed E-state index contributed by atoms with van der Waals surface area (Å²) in [6.07, 6.45) is 1.97. The molecule has 2 aromatic heterocycles. The number of hydrogen-bond acceptors (Lipinski definition) is 7. The molecular formula is C42H48Cl2N6O4. The summed E-state index contributed by atoms with van der Waals surface area (Å²) in [7, 11) is 5.44. The van der Waals surface area contributed by atoms with Gasteiger partial charge in [0, 0.05) is 84.9 Å². The summed E-state index contributed by atoms with van der Waals surface area (Å²) >= 11 is 13.5. The molecule has 284 valence electrons. The molecule has 0 atom stereocenters. The van der Waals surface area contributed by atoms with Gasteiger partial charge in [0.2, 0.25) is 0 Å². The van der Waals surface area contributed by atoms with Crippen molar-refractivity contribution >= 4 is 57.4 Å². The zero-order valence-corrected chi connectivity index (χ0v) is 33.7. The number of anilines is 2. The number of nitrogens with zero attached hydrogens (tertiary/aromatic N) is 6. The number of fused-ring (bicyclic) bond motifs is 3. The number of carbonyl (C=O) groups is 2. The van der Waals surface area contributed by atoms with E-state index in [1.54, 1.807) is 6.07 Å². The summed E-state index contributed by atoms with van der Waals surface area (Å²) in [4.78, 5) is 34.6. The van der Waals surface area contributed by atoms with Crippen molar-refractivity contribution in [3.63, 3.8) is 0 Å². The van der Waals surface area contributed by atoms with Crippen LogP contribution in [0.2, 0.25) is 10.0 Å². The lowest BCUT2D eigenvalue weighted by atomic mass is 9.98. The molecule has 2 aliphatic rings. The van der Waals surface area contributed by atoms with Gasteiger partial charge in [-0.2, -0.15) is 5.10 Å². The number of benzene rings is 3. The number of piperazine rings is 1. The maximum atomic E-state index is 15.2. The molecule has 2 aliphatic heterocycles. The van der Waals surface area contributed by atoms with Gasteiger partial charge in [-0.3, -0.25) is 9.48 Å². The fraction of sp³-hybridized carbons (Fsp3) is 0.405. The number of aromatic nitrogens is 3. The van der Waals surface area contributed by atoms with Crippen molar-refractivity contribution in [2.45, 2.75) is 53.5 Å². The van der Waals surface area contributed by atoms with E-state index in [1.807, 2.05) is 80.7 Å². The third-order valence-electron chi connectivity index (χ3n) is 11.0. The lowest BCUT2D eigenvalue weighted by molar-refractivity contribution is 0.0600. The molecule has 5 aromatic rings. The summed E-state index contributed by atoms with van der Waals surface area (Å²) < 4.78 is 15.5. The maximum absolute atomic E-state index is 15.2. The minimum Gasteiger partial charge on any atom is -0.494 e. The first kappa shape index (κ1) is 37.8. The van der Waals surface area contributed by atoms with Crippen LogP contribution in [0.3, 0.4) is 0 Å². The summed E-state index contributed by atoms with van der Waals surface area (Å²) in [5.41, 5.74) is 10.2. The number of likely N-dealkylation sites (N-methyl/N-ethyl adjacent to an activating group) is 1. The molecule has 0 N–H and O–H groups in total. The Hall–Kier alpha value is -4.51. The Labute approximate surface area is 327 Å². The summed E-state index contributed by atoms with van der Waals surface area (Å²) in [5, 5.41) is 7.08. The molecular weight excluding hydrogens is 723 g/mol. The van der Waals surface area contributed by atoms with Crippen LogP contribution in [0.1, 0.15) is 61.8 Å². The fourth-order valence-corrected chi connectivity index (χ4v) is 8.47. The van der Waals surface area contributed by atoms with E-state index in [0.29, 0.717) is 60.9 Å². The highest BCUT2D eigenvalue weighted by atomic mass is 35.5. The second-order valence-corrected chi connectivity index (χ2v) is 15.4. The van der Waals surface area contributed by atoms with Crippen molar-refractivity contribution in [3.05, 3.63) is 91.8 Å². The van der Waals surface area contributed by atoms with E-state index >= 15 is 4.79 Å². The van der Waals surface area contributed by atoms with Crippen molar-refractivity contribution in [2.75, 3.05) is 63.3 Å². The van der Waals surface area contributed by atoms with Crippen molar-refractivity contribution in [1.82, 2.24) is 19.2 Å². The monoisotopic (exact) mass is 770 g/mol. The first-order valence-electron chi connectivity index (χ1n) is 18.6. The average Bonchev–Trinajstić information content (AvgIpc) is 3.52. The smallest absolute Gasteiger partial charge is 0.337 e. The van der Waals surface area contributed by atoms with Gasteiger partial charge >= 0.3 is 5.97 Å². The number of esters is 1. The number of rotatable bonds is 9. The zero-order chi connectivity index (χ0) is 38.4. The second kappa shape index (κ2) is 15.3. The fourth-order valence-electron chi connectivity index (χ4n) is 8.11. The number of amides is 1. The second-order valence-electron chi connectivity index (χ2n) is 14.6. The largest absolute Gasteiger partial charge is 0.494 e. The predicted molar refractivity (Wildman–Crippen MR) is 217 cm³/mol. The standard InChI is InChI=1S/C42H48Cl2N6O4/c1-25-20-32(21-26(2)38(25)44)54-19-8-10-33-34-11-12-35(43)37(36-27(3)45-47(6)28(36)4)39(34)50-14-9-13-49(41(51)40(33)50)31-23-29(42(52)53-7)22-30(24-31)48-17-15-46(5)16-18-48/h11-12,20-24H,8-10,13-19H2,1-7H3. The molecule has 0 radical (unpaired) electrons. The molecule has 0 aliphatic carbocycles. The molecule has 1 fully saturated rings. The van der Waals surface area contributed by atoms with E-state index in [0.717, 1.165) is 92.7 Å². The molecule has 54 heavy (non-hydrogen) atoms. The lowest BCUT2D eigenvalue weighted by Gasteiger charge is -2.35. The van der Waals surface area contributed by atoms with Crippen LogP contribution in [0, 0.1) is 27.7 Å². The normalized spacial score (nSPS) is 15.2. The predicted octanol–water partition coefficient (Wildman–Crippen LogP) is 8.18. The highest BCUT2D eigenvalue weighted by Gasteiger charge is 2.33. The van der Waals surface area contributed by atoms with Crippen molar-refractivity contribution in [2.24, 2.45) is 7.05 Å². The Bertz CT molecular complexity index is 2250. The van der Waals surface area contributed by atoms with Crippen LogP contribution >= 0.6 is 23.2 Å². The van der Waals surface area contributed by atoms with Crippen LogP contribution in [0.4, 0.5) is 11.4 Å². The number of methoxy groups -OCH3 is 1. The van der Waals surface area contributed by atoms with Gasteiger partial charge < -0.3 is 28.7 Å². The number of halogens is 2. The van der Waals surface area contributed by atoms with E-state index in [4.69, 9.17) is 37.8 Å². The quantitative estimate of drug-likeness (QED) is 0.110. The molecule has 10 nitrogen and oxygen atoms in total. The zero-order valence-electron chi connectivity index (χ0n) is 32.2. The van der Waals surface area contributed by atoms with Crippen LogP contribution in [-0.4, -0.2) is 84.6 Å². The van der Waals surface area contributed by atoms with Gasteiger partial charge in [0.25, 0.3) is 5.91 Å². The van der Waals surface area contributed by atoms with Crippen molar-refractivity contribution < 1.29 is 19.1 Å². The summed E-state index contributed by atoms with van der Waals surface area (Å²) in [5.74, 6) is 0.226. The Morgan fingerprint density at radius 3 is 2.24 bits per heavy atom. The number of carbonyl (C=O) groups excluding carboxylic acids is 2. The molecule has 1 saturated heterocycles. The number of aryl methyl sites for hydroxylation is 6. The van der Waals surface area contributed by atoms with Crippen LogP contribution in [0.15, 0.2) is 42.5 Å². The van der Waals surface area contributed by atoms with Gasteiger partial charge in [-0.05, 0) is 107 Å². The van der Waals surface area contributed by atoms with E-state index in [9.17, 15) is 4.79 Å². The Morgan fingerprint density at radius 2 is 1.57 bits per heavy atom. The van der Waals surface area contributed by atoms with Crippen molar-refractivity contribution in [3.8, 4) is 16.9 Å². The van der Waals surface area contributed by atoms with E-state index in [1.165, 1.54) is 7.11 Å². The first-order valence-corrected chi connectivity index (χ1v) is 19.4. The minimum atomic E-state index is -0.433. The van der Waals surface area contributed by atoms with Gasteiger partial charge in [-0.25, -0.2) is 4.79 Å². The van der Waals surface area contributed by atoms with E-state index in [-0.39, 0.29) is 5.91 Å². The molecule has 0 spiro atoms. The van der Waals surface area contributed by atoms with Gasteiger partial charge in [0.05, 0.1) is 35.5 Å². The molecule has 3 aromatic carbocycles. The number of ether oxygens (including phenoxy) is 2. The summed E-state index contributed by atoms with van der Waals surface area (Å²) in [6.45, 7) is 13.0. The van der Waals surface area contributed by atoms with Crippen LogP contribution in [-0.2, 0) is 24.8 Å². The highest BCUT2D eigenvalue weighted by molar-refractivity contribution is 6.35. The SMILES string of the molecule is COC(=O)c1cc(N2CCN(C)CC2)cc(N2CCCn3c(c(CCCOc4cc(C)c(Cl)c(C)c4)c4ccc(Cl)c(-c5c(C)nn(C)c5C)c43)C2=O)c1. The van der Waals surface area contributed by atoms with Crippen molar-refractivity contribution in [1.29, 1.82) is 0 Å². The first-order chi connectivity index (χ1) is 25.9.